The minimum atomic E-state index is -0.395. The number of benzene rings is 6. The topological polar surface area (TPSA) is 47.9 Å². The van der Waals surface area contributed by atoms with Crippen LogP contribution < -0.4 is 4.74 Å². The number of para-hydroxylation sites is 1. The summed E-state index contributed by atoms with van der Waals surface area (Å²) in [5.74, 6) is 3.73. The summed E-state index contributed by atoms with van der Waals surface area (Å²) in [6, 6.07) is 52.9. The third-order valence-electron chi connectivity index (χ3n) is 10.3. The van der Waals surface area contributed by atoms with Gasteiger partial charge in [0.05, 0.1) is 5.41 Å². The number of hydrogen-bond acceptors (Lipinski definition) is 4. The zero-order valence-corrected chi connectivity index (χ0v) is 27.3. The van der Waals surface area contributed by atoms with E-state index in [1.54, 1.807) is 0 Å². The predicted octanol–water partition coefficient (Wildman–Crippen LogP) is 11.1. The molecule has 236 valence electrons. The molecule has 0 saturated heterocycles. The van der Waals surface area contributed by atoms with Crippen molar-refractivity contribution in [1.82, 2.24) is 15.0 Å². The van der Waals surface area contributed by atoms with Gasteiger partial charge in [0.15, 0.2) is 17.5 Å². The van der Waals surface area contributed by atoms with Crippen LogP contribution in [0.25, 0.3) is 50.9 Å². The fourth-order valence-corrected chi connectivity index (χ4v) is 8.13. The van der Waals surface area contributed by atoms with Gasteiger partial charge in [0.25, 0.3) is 0 Å². The van der Waals surface area contributed by atoms with Gasteiger partial charge in [-0.1, -0.05) is 146 Å². The van der Waals surface area contributed by atoms with Crippen LogP contribution in [0.3, 0.4) is 0 Å². The summed E-state index contributed by atoms with van der Waals surface area (Å²) >= 11 is 0. The summed E-state index contributed by atoms with van der Waals surface area (Å²) in [5.41, 5.74) is 12.5. The standard InChI is InChI=1S/C46H31N3O/c1-3-14-30(15-4-1)43-47-44(31-16-5-2-6-17-31)49-45(48-43)34-19-13-18-32(28-34)33-26-27-40-42(29-33)50-41-25-12-11-24-39(41)46(40)37-22-9-7-20-35(37)36-21-8-10-23-38(36)46/h1-9,11-22,24-29H,10,23H2. The van der Waals surface area contributed by atoms with Crippen LogP contribution >= 0.6 is 0 Å². The maximum Gasteiger partial charge on any atom is 0.164 e. The Kier molecular flexibility index (Phi) is 6.50. The van der Waals surface area contributed by atoms with Crippen LogP contribution in [0.2, 0.25) is 0 Å². The average Bonchev–Trinajstić information content (AvgIpc) is 3.49. The van der Waals surface area contributed by atoms with Crippen LogP contribution in [0, 0.1) is 0 Å². The molecule has 4 heteroatoms. The van der Waals surface area contributed by atoms with E-state index in [4.69, 9.17) is 19.7 Å². The normalized spacial score (nSPS) is 16.7. The molecule has 4 nitrogen and oxygen atoms in total. The van der Waals surface area contributed by atoms with Crippen molar-refractivity contribution in [2.75, 3.05) is 0 Å². The lowest BCUT2D eigenvalue weighted by Crippen LogP contribution is -2.33. The van der Waals surface area contributed by atoms with Crippen molar-refractivity contribution in [2.24, 2.45) is 0 Å². The quantitative estimate of drug-likeness (QED) is 0.192. The van der Waals surface area contributed by atoms with Gasteiger partial charge in [-0.3, -0.25) is 0 Å². The molecule has 1 aliphatic heterocycles. The summed E-state index contributed by atoms with van der Waals surface area (Å²) < 4.78 is 6.79. The Labute approximate surface area is 291 Å². The van der Waals surface area contributed by atoms with Gasteiger partial charge >= 0.3 is 0 Å². The first-order chi connectivity index (χ1) is 24.8. The number of hydrogen-bond donors (Lipinski definition) is 0. The number of rotatable bonds is 4. The van der Waals surface area contributed by atoms with Crippen molar-refractivity contribution in [3.05, 3.63) is 192 Å². The average molecular weight is 642 g/mol. The molecule has 6 aromatic carbocycles. The summed E-state index contributed by atoms with van der Waals surface area (Å²) in [5, 5.41) is 0. The van der Waals surface area contributed by atoms with Crippen LogP contribution in [0.5, 0.6) is 11.5 Å². The summed E-state index contributed by atoms with van der Waals surface area (Å²) in [6.07, 6.45) is 6.69. The van der Waals surface area contributed by atoms with Crippen molar-refractivity contribution in [3.63, 3.8) is 0 Å². The van der Waals surface area contributed by atoms with Crippen LogP contribution in [-0.2, 0) is 5.41 Å². The lowest BCUT2D eigenvalue weighted by atomic mass is 9.64. The highest BCUT2D eigenvalue weighted by Crippen LogP contribution is 2.63. The summed E-state index contributed by atoms with van der Waals surface area (Å²) in [6.45, 7) is 0. The molecular weight excluding hydrogens is 611 g/mol. The smallest absolute Gasteiger partial charge is 0.164 e. The SMILES string of the molecule is C1=CC2=C(CC1)C1(c3ccccc3Oc3cc(-c4cccc(-c5nc(-c6ccccc6)nc(-c6ccccc6)n5)c4)ccc31)c1ccccc12. The van der Waals surface area contributed by atoms with E-state index in [-0.39, 0.29) is 0 Å². The third-order valence-corrected chi connectivity index (χ3v) is 10.3. The molecule has 1 spiro atoms. The van der Waals surface area contributed by atoms with Crippen LogP contribution in [0.1, 0.15) is 35.1 Å². The molecular formula is C46H31N3O. The van der Waals surface area contributed by atoms with E-state index in [0.29, 0.717) is 17.5 Å². The molecule has 7 aromatic rings. The van der Waals surface area contributed by atoms with E-state index in [1.807, 2.05) is 60.7 Å². The van der Waals surface area contributed by atoms with E-state index in [0.717, 1.165) is 52.2 Å². The molecule has 2 aliphatic carbocycles. The van der Waals surface area contributed by atoms with Crippen molar-refractivity contribution in [1.29, 1.82) is 0 Å². The van der Waals surface area contributed by atoms with E-state index in [9.17, 15) is 0 Å². The second-order valence-corrected chi connectivity index (χ2v) is 13.1. The molecule has 1 unspecified atom stereocenters. The van der Waals surface area contributed by atoms with Crippen LogP contribution in [-0.4, -0.2) is 15.0 Å². The van der Waals surface area contributed by atoms with E-state index >= 15 is 0 Å². The second kappa shape index (κ2) is 11.4. The fourth-order valence-electron chi connectivity index (χ4n) is 8.13. The predicted molar refractivity (Wildman–Crippen MR) is 200 cm³/mol. The van der Waals surface area contributed by atoms with Gasteiger partial charge in [-0.15, -0.1) is 0 Å². The molecule has 50 heavy (non-hydrogen) atoms. The third kappa shape index (κ3) is 4.35. The summed E-state index contributed by atoms with van der Waals surface area (Å²) in [4.78, 5) is 14.8. The first-order valence-electron chi connectivity index (χ1n) is 17.2. The molecule has 2 heterocycles. The molecule has 0 N–H and O–H groups in total. The van der Waals surface area contributed by atoms with Crippen molar-refractivity contribution >= 4 is 5.57 Å². The van der Waals surface area contributed by atoms with Gasteiger partial charge in [0.2, 0.25) is 0 Å². The molecule has 0 radical (unpaired) electrons. The number of ether oxygens (including phenoxy) is 1. The number of aromatic nitrogens is 3. The van der Waals surface area contributed by atoms with Gasteiger partial charge in [-0.2, -0.15) is 0 Å². The Morgan fingerprint density at radius 2 is 1.04 bits per heavy atom. The van der Waals surface area contributed by atoms with Gasteiger partial charge in [0, 0.05) is 27.8 Å². The number of fused-ring (bicyclic) bond motifs is 8. The van der Waals surface area contributed by atoms with Crippen molar-refractivity contribution < 1.29 is 4.74 Å². The first-order valence-corrected chi connectivity index (χ1v) is 17.2. The van der Waals surface area contributed by atoms with E-state index in [2.05, 4.69) is 103 Å². The summed E-state index contributed by atoms with van der Waals surface area (Å²) in [7, 11) is 0. The minimum Gasteiger partial charge on any atom is -0.457 e. The van der Waals surface area contributed by atoms with Gasteiger partial charge in [-0.25, -0.2) is 15.0 Å². The Hall–Kier alpha value is -6.39. The van der Waals surface area contributed by atoms with Crippen LogP contribution in [0.15, 0.2) is 169 Å². The van der Waals surface area contributed by atoms with E-state index in [1.165, 1.54) is 33.4 Å². The number of nitrogens with zero attached hydrogens (tertiary/aromatic N) is 3. The fraction of sp³-hybridized carbons (Fsp3) is 0.0652. The molecule has 0 fully saturated rings. The van der Waals surface area contributed by atoms with Crippen molar-refractivity contribution in [3.8, 4) is 56.8 Å². The van der Waals surface area contributed by atoms with Crippen molar-refractivity contribution in [2.45, 2.75) is 18.3 Å². The van der Waals surface area contributed by atoms with Gasteiger partial charge in [0.1, 0.15) is 11.5 Å². The maximum atomic E-state index is 6.79. The van der Waals surface area contributed by atoms with Gasteiger partial charge < -0.3 is 4.74 Å². The Bertz CT molecular complexity index is 2460. The maximum absolute atomic E-state index is 6.79. The largest absolute Gasteiger partial charge is 0.457 e. The number of allylic oxidation sites excluding steroid dienone is 4. The molecule has 3 aliphatic rings. The zero-order chi connectivity index (χ0) is 33.1. The molecule has 0 saturated carbocycles. The highest BCUT2D eigenvalue weighted by atomic mass is 16.5. The Morgan fingerprint density at radius 3 is 1.80 bits per heavy atom. The lowest BCUT2D eigenvalue weighted by molar-refractivity contribution is 0.432. The Morgan fingerprint density at radius 1 is 0.460 bits per heavy atom. The van der Waals surface area contributed by atoms with Gasteiger partial charge in [-0.05, 0) is 64.4 Å². The highest BCUT2D eigenvalue weighted by Gasteiger charge is 2.51. The monoisotopic (exact) mass is 641 g/mol. The molecule has 1 atom stereocenters. The lowest BCUT2D eigenvalue weighted by Gasteiger charge is -2.41. The zero-order valence-electron chi connectivity index (χ0n) is 27.3. The van der Waals surface area contributed by atoms with E-state index < -0.39 is 5.41 Å². The molecule has 1 aromatic heterocycles. The molecule has 0 amide bonds. The first kappa shape index (κ1) is 28.6. The Balaban J connectivity index is 1.12. The molecule has 0 bridgehead atoms. The minimum absolute atomic E-state index is 0.395. The molecule has 10 rings (SSSR count). The highest BCUT2D eigenvalue weighted by molar-refractivity contribution is 5.92. The van der Waals surface area contributed by atoms with Crippen LogP contribution in [0.4, 0.5) is 0 Å². The second-order valence-electron chi connectivity index (χ2n) is 13.1.